The van der Waals surface area contributed by atoms with Crippen LogP contribution in [0.4, 0.5) is 0 Å². The number of nitrogens with one attached hydrogen (secondary N) is 3. The number of amides is 3. The third-order valence-electron chi connectivity index (χ3n) is 12.1. The Morgan fingerprint density at radius 2 is 0.952 bits per heavy atom. The van der Waals surface area contributed by atoms with E-state index in [2.05, 4.69) is 16.0 Å². The normalized spacial score (nSPS) is 16.3. The second-order valence-corrected chi connectivity index (χ2v) is 17.3. The topological polar surface area (TPSA) is 271 Å². The fraction of sp³-hybridized carbons (Fsp3) is 0.804. The number of ketones is 2. The van der Waals surface area contributed by atoms with Crippen LogP contribution < -0.4 is 16.0 Å². The Hall–Kier alpha value is -4.37. The number of unbranched alkanes of at least 4 members (excludes halogenated alkanes) is 15. The molecule has 1 rings (SSSR count). The molecular weight excluding hydrogens is 803 g/mol. The van der Waals surface area contributed by atoms with E-state index in [0.717, 1.165) is 51.4 Å². The maximum atomic E-state index is 13.2. The number of aliphatic carboxylic acids is 4. The van der Waals surface area contributed by atoms with Gasteiger partial charge in [-0.05, 0) is 63.7 Å². The highest BCUT2D eigenvalue weighted by molar-refractivity contribution is 5.93. The van der Waals surface area contributed by atoms with Crippen LogP contribution in [0.3, 0.4) is 0 Å². The fourth-order valence-electron chi connectivity index (χ4n) is 8.16. The lowest BCUT2D eigenvalue weighted by Gasteiger charge is -2.28. The van der Waals surface area contributed by atoms with Crippen LogP contribution in [0.25, 0.3) is 0 Å². The predicted molar refractivity (Wildman–Crippen MR) is 232 cm³/mol. The van der Waals surface area contributed by atoms with Gasteiger partial charge < -0.3 is 36.4 Å². The van der Waals surface area contributed by atoms with Crippen LogP contribution in [0.2, 0.25) is 0 Å². The molecular formula is C46H77N3O13. The minimum Gasteiger partial charge on any atom is -0.481 e. The maximum Gasteiger partial charge on any atom is 0.306 e. The van der Waals surface area contributed by atoms with E-state index >= 15 is 0 Å². The quantitative estimate of drug-likeness (QED) is 0.0307. The first-order valence-electron chi connectivity index (χ1n) is 23.3. The summed E-state index contributed by atoms with van der Waals surface area (Å²) >= 11 is 0. The van der Waals surface area contributed by atoms with Crippen LogP contribution in [0.15, 0.2) is 0 Å². The smallest absolute Gasteiger partial charge is 0.306 e. The number of hydrogen-bond acceptors (Lipinski definition) is 9. The lowest BCUT2D eigenvalue weighted by molar-refractivity contribution is -0.145. The summed E-state index contributed by atoms with van der Waals surface area (Å²) in [7, 11) is 1.33. The summed E-state index contributed by atoms with van der Waals surface area (Å²) in [5.41, 5.74) is 0. The summed E-state index contributed by atoms with van der Waals surface area (Å²) < 4.78 is 0. The zero-order valence-electron chi connectivity index (χ0n) is 37.3. The molecule has 1 aliphatic rings. The highest BCUT2D eigenvalue weighted by Crippen LogP contribution is 2.31. The highest BCUT2D eigenvalue weighted by atomic mass is 16.4. The Balaban J connectivity index is 2.29. The monoisotopic (exact) mass is 880 g/mol. The first-order valence-corrected chi connectivity index (χ1v) is 23.3. The van der Waals surface area contributed by atoms with Gasteiger partial charge in [-0.1, -0.05) is 89.9 Å². The summed E-state index contributed by atoms with van der Waals surface area (Å²) in [6.07, 6.45) is 19.4. The minimum absolute atomic E-state index is 0.0381. The zero-order chi connectivity index (χ0) is 46.1. The molecule has 3 atom stereocenters. The molecule has 62 heavy (non-hydrogen) atoms. The number of hydrogen-bond donors (Lipinski definition) is 7. The first kappa shape index (κ1) is 55.6. The molecule has 0 saturated heterocycles. The van der Waals surface area contributed by atoms with Crippen LogP contribution >= 0.6 is 0 Å². The summed E-state index contributed by atoms with van der Waals surface area (Å²) in [5.74, 6) is -8.62. The SMILES string of the molecule is CNC(=O)[C@H](CCC(=O)O)CC(=O)[C@H](CCC(=O)O)NC(=O)CCC(CC(=O)C1CCC(CNC(=O)CCCCCCCCCCCCCCCCCCC(=O)O)CC1)C(=O)O. The molecule has 0 heterocycles. The lowest BCUT2D eigenvalue weighted by Crippen LogP contribution is -2.43. The van der Waals surface area contributed by atoms with Crippen molar-refractivity contribution in [3.63, 3.8) is 0 Å². The van der Waals surface area contributed by atoms with Crippen molar-refractivity contribution >= 4 is 53.2 Å². The van der Waals surface area contributed by atoms with E-state index in [-0.39, 0.29) is 68.5 Å². The van der Waals surface area contributed by atoms with Gasteiger partial charge in [-0.25, -0.2) is 0 Å². The summed E-state index contributed by atoms with van der Waals surface area (Å²) in [6, 6.07) is -1.29. The molecule has 7 N–H and O–H groups in total. The van der Waals surface area contributed by atoms with Gasteiger partial charge in [-0.2, -0.15) is 0 Å². The molecule has 354 valence electrons. The van der Waals surface area contributed by atoms with Crippen molar-refractivity contribution < 1.29 is 63.6 Å². The van der Waals surface area contributed by atoms with Crippen molar-refractivity contribution in [1.82, 2.24) is 16.0 Å². The van der Waals surface area contributed by atoms with Crippen molar-refractivity contribution in [2.75, 3.05) is 13.6 Å². The van der Waals surface area contributed by atoms with Gasteiger partial charge in [0.25, 0.3) is 0 Å². The molecule has 1 saturated carbocycles. The van der Waals surface area contributed by atoms with E-state index in [9.17, 15) is 48.3 Å². The van der Waals surface area contributed by atoms with E-state index in [1.165, 1.54) is 71.3 Å². The van der Waals surface area contributed by atoms with Crippen molar-refractivity contribution in [3.8, 4) is 0 Å². The second-order valence-electron chi connectivity index (χ2n) is 17.3. The van der Waals surface area contributed by atoms with Crippen molar-refractivity contribution in [2.24, 2.45) is 23.7 Å². The van der Waals surface area contributed by atoms with Crippen LogP contribution in [-0.4, -0.2) is 93.2 Å². The van der Waals surface area contributed by atoms with Gasteiger partial charge in [0.15, 0.2) is 5.78 Å². The Morgan fingerprint density at radius 1 is 0.500 bits per heavy atom. The molecule has 1 aliphatic carbocycles. The number of Topliss-reactive ketones (excluding diaryl/α,β-unsaturated/α-hetero) is 2. The molecule has 16 nitrogen and oxygen atoms in total. The van der Waals surface area contributed by atoms with Gasteiger partial charge in [0.05, 0.1) is 12.0 Å². The molecule has 0 spiro atoms. The van der Waals surface area contributed by atoms with E-state index < -0.39 is 72.2 Å². The maximum absolute atomic E-state index is 13.2. The van der Waals surface area contributed by atoms with Gasteiger partial charge in [0, 0.05) is 70.4 Å². The molecule has 0 aromatic rings. The van der Waals surface area contributed by atoms with Crippen molar-refractivity contribution in [2.45, 2.75) is 199 Å². The van der Waals surface area contributed by atoms with E-state index in [1.807, 2.05) is 0 Å². The third kappa shape index (κ3) is 28.3. The molecule has 0 bridgehead atoms. The second kappa shape index (κ2) is 34.2. The number of carboxylic acids is 4. The largest absolute Gasteiger partial charge is 0.481 e. The summed E-state index contributed by atoms with van der Waals surface area (Å²) in [6.45, 7) is 0.548. The van der Waals surface area contributed by atoms with E-state index in [4.69, 9.17) is 15.3 Å². The van der Waals surface area contributed by atoms with Crippen molar-refractivity contribution in [1.29, 1.82) is 0 Å². The Kier molecular flexibility index (Phi) is 30.7. The average Bonchev–Trinajstić information content (AvgIpc) is 3.23. The van der Waals surface area contributed by atoms with E-state index in [1.54, 1.807) is 0 Å². The molecule has 1 fully saturated rings. The molecule has 1 unspecified atom stereocenters. The number of carbonyl (C=O) groups excluding carboxylic acids is 5. The predicted octanol–water partition coefficient (Wildman–Crippen LogP) is 6.99. The Bertz CT molecular complexity index is 1400. The van der Waals surface area contributed by atoms with Gasteiger partial charge in [0.1, 0.15) is 5.78 Å². The van der Waals surface area contributed by atoms with Gasteiger partial charge in [-0.15, -0.1) is 0 Å². The van der Waals surface area contributed by atoms with Crippen LogP contribution in [-0.2, 0) is 43.2 Å². The molecule has 0 radical (unpaired) electrons. The van der Waals surface area contributed by atoms with Crippen LogP contribution in [0, 0.1) is 23.7 Å². The molecule has 16 heteroatoms. The van der Waals surface area contributed by atoms with Gasteiger partial charge in [0.2, 0.25) is 17.7 Å². The first-order chi connectivity index (χ1) is 29.6. The Labute approximate surface area is 367 Å². The van der Waals surface area contributed by atoms with Crippen LogP contribution in [0.1, 0.15) is 193 Å². The summed E-state index contributed by atoms with van der Waals surface area (Å²) in [5, 5.41) is 44.6. The van der Waals surface area contributed by atoms with Gasteiger partial charge >= 0.3 is 23.9 Å². The standard InChI is InChI=1S/C46H77N3O13/c1-47-45(60)35(25-28-43(56)57)30-39(51)37(26-29-44(58)59)49-41(53)27-24-36(46(61)62)31-38(50)34-22-20-33(21-23-34)32-48-40(52)18-16-14-12-10-8-6-4-2-3-5-7-9-11-13-15-17-19-42(54)55/h33-37H,2-32H2,1H3,(H,47,60)(H,48,52)(H,49,53)(H,54,55)(H,56,57)(H,58,59)(H,61,62)/t33?,34?,35-,36?,37+/m1/s1. The highest BCUT2D eigenvalue weighted by Gasteiger charge is 2.32. The molecule has 0 aromatic carbocycles. The van der Waals surface area contributed by atoms with Gasteiger partial charge in [-0.3, -0.25) is 43.2 Å². The van der Waals surface area contributed by atoms with Crippen molar-refractivity contribution in [3.05, 3.63) is 0 Å². The minimum atomic E-state index is -1.29. The average molecular weight is 880 g/mol. The van der Waals surface area contributed by atoms with E-state index in [0.29, 0.717) is 25.8 Å². The number of carbonyl (C=O) groups is 9. The summed E-state index contributed by atoms with van der Waals surface area (Å²) in [4.78, 5) is 109. The third-order valence-corrected chi connectivity index (χ3v) is 12.1. The number of carboxylic acid groups (broad SMARTS) is 4. The molecule has 0 aromatic heterocycles. The molecule has 0 aliphatic heterocycles. The molecule has 3 amide bonds. The number of rotatable bonds is 39. The van der Waals surface area contributed by atoms with Crippen LogP contribution in [0.5, 0.6) is 0 Å². The Morgan fingerprint density at radius 3 is 1.42 bits per heavy atom. The lowest BCUT2D eigenvalue weighted by atomic mass is 9.78. The zero-order valence-corrected chi connectivity index (χ0v) is 37.3. The fourth-order valence-corrected chi connectivity index (χ4v) is 8.16.